The average Bonchev–Trinajstić information content (AvgIpc) is 3.18. The summed E-state index contributed by atoms with van der Waals surface area (Å²) >= 11 is 1.53. The molecule has 7 heteroatoms. The van der Waals surface area contributed by atoms with E-state index in [1.165, 1.54) is 11.3 Å². The summed E-state index contributed by atoms with van der Waals surface area (Å²) in [6.07, 6.45) is -0.339. The van der Waals surface area contributed by atoms with Crippen LogP contribution < -0.4 is 0 Å². The minimum Gasteiger partial charge on any atom is -0.394 e. The van der Waals surface area contributed by atoms with Crippen molar-refractivity contribution >= 4 is 17.2 Å². The molecule has 3 heterocycles. The number of carbonyl (C=O) groups excluding carboxylic acids is 1. The molecule has 0 bridgehead atoms. The van der Waals surface area contributed by atoms with Crippen molar-refractivity contribution in [1.29, 1.82) is 0 Å². The summed E-state index contributed by atoms with van der Waals surface area (Å²) in [5, 5.41) is 15.0. The zero-order chi connectivity index (χ0) is 14.8. The highest BCUT2D eigenvalue weighted by Crippen LogP contribution is 2.26. The summed E-state index contributed by atoms with van der Waals surface area (Å²) in [7, 11) is 0. The molecule has 0 saturated carbocycles. The van der Waals surface area contributed by atoms with Crippen molar-refractivity contribution in [3.05, 3.63) is 29.3 Å². The minimum atomic E-state index is -0.339. The molecule has 1 aliphatic heterocycles. The van der Waals surface area contributed by atoms with Crippen LogP contribution in [0.15, 0.2) is 28.1 Å². The topological polar surface area (TPSA) is 75.8 Å². The van der Waals surface area contributed by atoms with Crippen molar-refractivity contribution in [2.75, 3.05) is 19.8 Å². The molecular formula is C14H16N2O4S. The molecule has 2 aromatic rings. The number of rotatable bonds is 3. The second kappa shape index (κ2) is 5.97. The summed E-state index contributed by atoms with van der Waals surface area (Å²) in [6, 6.07) is 5.44. The van der Waals surface area contributed by atoms with E-state index in [4.69, 9.17) is 9.26 Å². The molecule has 2 aromatic heterocycles. The van der Waals surface area contributed by atoms with E-state index < -0.39 is 0 Å². The number of aromatic nitrogens is 1. The summed E-state index contributed by atoms with van der Waals surface area (Å²) in [5.41, 5.74) is 0.281. The number of aliphatic hydroxyl groups excluding tert-OH is 1. The van der Waals surface area contributed by atoms with E-state index in [9.17, 15) is 9.90 Å². The quantitative estimate of drug-likeness (QED) is 0.932. The predicted octanol–water partition coefficient (Wildman–Crippen LogP) is 1.62. The number of hydrogen-bond donors (Lipinski definition) is 1. The Labute approximate surface area is 125 Å². The summed E-state index contributed by atoms with van der Waals surface area (Å²) in [5.74, 6) is 0.392. The van der Waals surface area contributed by atoms with Gasteiger partial charge in [0.1, 0.15) is 0 Å². The number of hydrogen-bond acceptors (Lipinski definition) is 6. The lowest BCUT2D eigenvalue weighted by Gasteiger charge is -2.36. The van der Waals surface area contributed by atoms with Gasteiger partial charge < -0.3 is 19.3 Å². The van der Waals surface area contributed by atoms with Gasteiger partial charge in [0, 0.05) is 12.6 Å². The fourth-order valence-electron chi connectivity index (χ4n) is 2.27. The fraction of sp³-hybridized carbons (Fsp3) is 0.429. The molecule has 0 radical (unpaired) electrons. The number of morpholine rings is 1. The van der Waals surface area contributed by atoms with Gasteiger partial charge >= 0.3 is 0 Å². The van der Waals surface area contributed by atoms with Gasteiger partial charge in [-0.2, -0.15) is 0 Å². The Hall–Kier alpha value is -1.70. The maximum Gasteiger partial charge on any atom is 0.276 e. The first kappa shape index (κ1) is 14.2. The van der Waals surface area contributed by atoms with Crippen molar-refractivity contribution in [3.8, 4) is 10.6 Å². The van der Waals surface area contributed by atoms with Gasteiger partial charge in [-0.15, -0.1) is 11.3 Å². The maximum atomic E-state index is 12.5. The molecule has 0 spiro atoms. The normalized spacial score (nSPS) is 22.5. The van der Waals surface area contributed by atoms with Crippen LogP contribution in [0.4, 0.5) is 0 Å². The van der Waals surface area contributed by atoms with Crippen LogP contribution in [-0.4, -0.2) is 53.0 Å². The molecule has 1 N–H and O–H groups in total. The van der Waals surface area contributed by atoms with Crippen LogP contribution in [0.5, 0.6) is 0 Å². The lowest BCUT2D eigenvalue weighted by Crippen LogP contribution is -2.52. The summed E-state index contributed by atoms with van der Waals surface area (Å²) in [6.45, 7) is 2.58. The molecule has 1 amide bonds. The first-order chi connectivity index (χ1) is 10.2. The van der Waals surface area contributed by atoms with Crippen LogP contribution >= 0.6 is 11.3 Å². The molecule has 3 rings (SSSR count). The lowest BCUT2D eigenvalue weighted by atomic mass is 10.2. The molecule has 21 heavy (non-hydrogen) atoms. The smallest absolute Gasteiger partial charge is 0.276 e. The number of carbonyl (C=O) groups is 1. The second-order valence-corrected chi connectivity index (χ2v) is 5.95. The monoisotopic (exact) mass is 308 g/mol. The Kier molecular flexibility index (Phi) is 4.05. The zero-order valence-electron chi connectivity index (χ0n) is 11.6. The highest BCUT2D eigenvalue weighted by atomic mass is 32.1. The van der Waals surface area contributed by atoms with Crippen LogP contribution in [0, 0.1) is 0 Å². The van der Waals surface area contributed by atoms with E-state index in [-0.39, 0.29) is 30.4 Å². The van der Waals surface area contributed by atoms with Crippen molar-refractivity contribution in [2.24, 2.45) is 0 Å². The Morgan fingerprint density at radius 3 is 3.19 bits per heavy atom. The molecular weight excluding hydrogens is 292 g/mol. The largest absolute Gasteiger partial charge is 0.394 e. The third-order valence-corrected chi connectivity index (χ3v) is 4.35. The van der Waals surface area contributed by atoms with Crippen LogP contribution in [0.25, 0.3) is 10.6 Å². The highest BCUT2D eigenvalue weighted by molar-refractivity contribution is 7.13. The average molecular weight is 308 g/mol. The van der Waals surface area contributed by atoms with Gasteiger partial charge in [-0.25, -0.2) is 0 Å². The van der Waals surface area contributed by atoms with Gasteiger partial charge in [-0.1, -0.05) is 11.2 Å². The SMILES string of the molecule is CC1COC(CO)CN1C(=O)c1cc(-c2cccs2)on1. The van der Waals surface area contributed by atoms with Crippen LogP contribution in [-0.2, 0) is 4.74 Å². The molecule has 2 atom stereocenters. The van der Waals surface area contributed by atoms with Gasteiger partial charge in [0.25, 0.3) is 5.91 Å². The van der Waals surface area contributed by atoms with Crippen molar-refractivity contribution in [2.45, 2.75) is 19.1 Å². The molecule has 112 valence electrons. The van der Waals surface area contributed by atoms with E-state index in [0.29, 0.717) is 18.9 Å². The van der Waals surface area contributed by atoms with Crippen LogP contribution in [0.1, 0.15) is 17.4 Å². The van der Waals surface area contributed by atoms with Crippen molar-refractivity contribution < 1.29 is 19.2 Å². The summed E-state index contributed by atoms with van der Waals surface area (Å²) in [4.78, 5) is 15.1. The zero-order valence-corrected chi connectivity index (χ0v) is 12.4. The minimum absolute atomic E-state index is 0.0535. The molecule has 1 saturated heterocycles. The molecule has 2 unspecified atom stereocenters. The molecule has 6 nitrogen and oxygen atoms in total. The Morgan fingerprint density at radius 2 is 2.48 bits per heavy atom. The fourth-order valence-corrected chi connectivity index (χ4v) is 2.94. The number of aliphatic hydroxyl groups is 1. The highest BCUT2D eigenvalue weighted by Gasteiger charge is 2.31. The van der Waals surface area contributed by atoms with Gasteiger partial charge in [-0.05, 0) is 18.4 Å². The molecule has 1 fully saturated rings. The van der Waals surface area contributed by atoms with E-state index in [0.717, 1.165) is 4.88 Å². The first-order valence-electron chi connectivity index (χ1n) is 6.73. The number of amides is 1. The van der Waals surface area contributed by atoms with E-state index in [1.54, 1.807) is 11.0 Å². The number of thiophene rings is 1. The van der Waals surface area contributed by atoms with Gasteiger partial charge in [0.05, 0.1) is 30.2 Å². The second-order valence-electron chi connectivity index (χ2n) is 5.00. The third kappa shape index (κ3) is 2.85. The van der Waals surface area contributed by atoms with Gasteiger partial charge in [0.2, 0.25) is 0 Å². The van der Waals surface area contributed by atoms with Gasteiger partial charge in [0.15, 0.2) is 11.5 Å². The van der Waals surface area contributed by atoms with Gasteiger partial charge in [-0.3, -0.25) is 4.79 Å². The third-order valence-electron chi connectivity index (χ3n) is 3.46. The number of nitrogens with zero attached hydrogens (tertiary/aromatic N) is 2. The van der Waals surface area contributed by atoms with Crippen LogP contribution in [0.2, 0.25) is 0 Å². The Bertz CT molecular complexity index is 610. The van der Waals surface area contributed by atoms with E-state index >= 15 is 0 Å². The maximum absolute atomic E-state index is 12.5. The van der Waals surface area contributed by atoms with Crippen molar-refractivity contribution in [3.63, 3.8) is 0 Å². The summed E-state index contributed by atoms with van der Waals surface area (Å²) < 4.78 is 10.7. The molecule has 0 aromatic carbocycles. The Morgan fingerprint density at radius 1 is 1.62 bits per heavy atom. The van der Waals surface area contributed by atoms with Crippen LogP contribution in [0.3, 0.4) is 0 Å². The Balaban J connectivity index is 1.78. The predicted molar refractivity (Wildman–Crippen MR) is 77.1 cm³/mol. The molecule has 0 aliphatic carbocycles. The van der Waals surface area contributed by atoms with E-state index in [1.807, 2.05) is 24.4 Å². The molecule has 1 aliphatic rings. The lowest BCUT2D eigenvalue weighted by molar-refractivity contribution is -0.0669. The van der Waals surface area contributed by atoms with E-state index in [2.05, 4.69) is 5.16 Å². The van der Waals surface area contributed by atoms with Crippen molar-refractivity contribution in [1.82, 2.24) is 10.1 Å². The first-order valence-corrected chi connectivity index (χ1v) is 7.61. The standard InChI is InChI=1S/C14H16N2O4S/c1-9-8-19-10(7-17)6-16(9)14(18)11-5-12(20-15-11)13-3-2-4-21-13/h2-5,9-10,17H,6-8H2,1H3. The number of ether oxygens (including phenoxy) is 1.